The number of sulfonamides is 1. The van der Waals surface area contributed by atoms with Crippen LogP contribution in [0.2, 0.25) is 5.02 Å². The zero-order chi connectivity index (χ0) is 22.7. The fraction of sp³-hybridized carbons (Fsp3) is 0.174. The Hall–Kier alpha value is -2.81. The van der Waals surface area contributed by atoms with E-state index >= 15 is 0 Å². The fourth-order valence-corrected chi connectivity index (χ4v) is 5.89. The average molecular weight is 489 g/mol. The molecule has 2 heterocycles. The summed E-state index contributed by atoms with van der Waals surface area (Å²) in [5, 5.41) is 2.30. The van der Waals surface area contributed by atoms with Gasteiger partial charge in [0.25, 0.3) is 10.0 Å². The Bertz CT molecular complexity index is 1300. The van der Waals surface area contributed by atoms with Crippen molar-refractivity contribution < 1.29 is 17.6 Å². The highest BCUT2D eigenvalue weighted by molar-refractivity contribution is 7.94. The molecule has 0 aliphatic rings. The number of anilines is 1. The van der Waals surface area contributed by atoms with Crippen molar-refractivity contribution in [2.24, 2.45) is 0 Å². The van der Waals surface area contributed by atoms with Crippen LogP contribution < -0.4 is 9.04 Å². The first-order chi connectivity index (χ1) is 15.4. The molecule has 0 radical (unpaired) electrons. The summed E-state index contributed by atoms with van der Waals surface area (Å²) in [7, 11) is -3.80. The van der Waals surface area contributed by atoms with E-state index in [0.717, 1.165) is 5.56 Å². The van der Waals surface area contributed by atoms with Crippen LogP contribution in [-0.4, -0.2) is 20.0 Å². The predicted octanol–water partition coefficient (Wildman–Crippen LogP) is 6.16. The van der Waals surface area contributed by atoms with E-state index in [2.05, 4.69) is 4.98 Å². The van der Waals surface area contributed by atoms with Crippen LogP contribution in [0.4, 0.5) is 5.69 Å². The van der Waals surface area contributed by atoms with Gasteiger partial charge in [0.1, 0.15) is 21.4 Å². The van der Waals surface area contributed by atoms with Crippen LogP contribution in [0.3, 0.4) is 0 Å². The first-order valence-electron chi connectivity index (χ1n) is 9.90. The molecule has 32 heavy (non-hydrogen) atoms. The lowest BCUT2D eigenvalue weighted by Gasteiger charge is -2.23. The largest absolute Gasteiger partial charge is 0.494 e. The Kier molecular flexibility index (Phi) is 6.55. The lowest BCUT2D eigenvalue weighted by atomic mass is 10.2. The Morgan fingerprint density at radius 2 is 1.91 bits per heavy atom. The maximum Gasteiger partial charge on any atom is 0.274 e. The average Bonchev–Trinajstić information content (AvgIpc) is 3.44. The van der Waals surface area contributed by atoms with E-state index in [9.17, 15) is 8.42 Å². The summed E-state index contributed by atoms with van der Waals surface area (Å²) in [5.74, 6) is 1.60. The van der Waals surface area contributed by atoms with Crippen LogP contribution in [0.5, 0.6) is 5.75 Å². The molecule has 6 nitrogen and oxygen atoms in total. The van der Waals surface area contributed by atoms with E-state index in [1.807, 2.05) is 19.1 Å². The van der Waals surface area contributed by atoms with Crippen molar-refractivity contribution >= 4 is 38.6 Å². The monoisotopic (exact) mass is 488 g/mol. The zero-order valence-electron chi connectivity index (χ0n) is 17.5. The molecule has 0 unspecified atom stereocenters. The van der Waals surface area contributed by atoms with Gasteiger partial charge in [0.05, 0.1) is 18.8 Å². The number of halogens is 1. The quantitative estimate of drug-likeness (QED) is 0.297. The van der Waals surface area contributed by atoms with Crippen molar-refractivity contribution in [3.63, 3.8) is 0 Å². The highest BCUT2D eigenvalue weighted by Crippen LogP contribution is 2.31. The molecule has 0 atom stereocenters. The molecule has 0 fully saturated rings. The molecule has 0 N–H and O–H groups in total. The van der Waals surface area contributed by atoms with Gasteiger partial charge in [-0.25, -0.2) is 13.4 Å². The Morgan fingerprint density at radius 3 is 2.56 bits per heavy atom. The molecule has 0 bridgehead atoms. The molecule has 166 valence electrons. The van der Waals surface area contributed by atoms with E-state index in [1.54, 1.807) is 60.8 Å². The third-order valence-corrected chi connectivity index (χ3v) is 8.11. The van der Waals surface area contributed by atoms with E-state index < -0.39 is 10.0 Å². The number of ether oxygens (including phenoxy) is 1. The van der Waals surface area contributed by atoms with Crippen molar-refractivity contribution in [1.82, 2.24) is 4.98 Å². The molecule has 0 aliphatic heterocycles. The third-order valence-electron chi connectivity index (χ3n) is 4.73. The zero-order valence-corrected chi connectivity index (χ0v) is 19.9. The predicted molar refractivity (Wildman–Crippen MR) is 127 cm³/mol. The molecule has 0 saturated carbocycles. The molecule has 0 spiro atoms. The van der Waals surface area contributed by atoms with Crippen LogP contribution in [0.25, 0.3) is 11.5 Å². The van der Waals surface area contributed by atoms with Gasteiger partial charge in [-0.2, -0.15) is 0 Å². The number of nitrogens with zero attached hydrogens (tertiary/aromatic N) is 2. The SMILES string of the molecule is CCOc1ccc(N(Cc2nc(-c3cccc(Cl)c3)oc2C)S(=O)(=O)c2cccs2)cc1. The summed E-state index contributed by atoms with van der Waals surface area (Å²) < 4.78 is 39.9. The standard InChI is InChI=1S/C23H21ClN2O4S2/c1-3-29-20-11-9-19(10-12-20)26(32(27,28)22-8-5-13-31-22)15-21-16(2)30-23(25-21)17-6-4-7-18(24)14-17/h4-14H,3,15H2,1-2H3. The number of aryl methyl sites for hydroxylation is 1. The lowest BCUT2D eigenvalue weighted by Crippen LogP contribution is -2.30. The number of hydrogen-bond acceptors (Lipinski definition) is 6. The number of oxazole rings is 1. The van der Waals surface area contributed by atoms with Crippen LogP contribution in [0.1, 0.15) is 18.4 Å². The topological polar surface area (TPSA) is 72.6 Å². The summed E-state index contributed by atoms with van der Waals surface area (Å²) in [4.78, 5) is 4.58. The summed E-state index contributed by atoms with van der Waals surface area (Å²) in [6.07, 6.45) is 0. The molecule has 0 saturated heterocycles. The van der Waals surface area contributed by atoms with E-state index in [1.165, 1.54) is 15.6 Å². The van der Waals surface area contributed by atoms with Crippen molar-refractivity contribution in [2.75, 3.05) is 10.9 Å². The first kappa shape index (κ1) is 22.4. The Morgan fingerprint density at radius 1 is 1.12 bits per heavy atom. The van der Waals surface area contributed by atoms with Crippen molar-refractivity contribution in [1.29, 1.82) is 0 Å². The summed E-state index contributed by atoms with van der Waals surface area (Å²) in [6.45, 7) is 4.21. The van der Waals surface area contributed by atoms with Gasteiger partial charge in [-0.1, -0.05) is 23.7 Å². The summed E-state index contributed by atoms with van der Waals surface area (Å²) in [6, 6.07) is 17.4. The van der Waals surface area contributed by atoms with Gasteiger partial charge in [-0.15, -0.1) is 11.3 Å². The number of hydrogen-bond donors (Lipinski definition) is 0. The third kappa shape index (κ3) is 4.67. The number of thiophene rings is 1. The Labute approximate surface area is 196 Å². The molecule has 2 aromatic heterocycles. The summed E-state index contributed by atoms with van der Waals surface area (Å²) >= 11 is 7.26. The molecule has 0 amide bonds. The number of benzene rings is 2. The van der Waals surface area contributed by atoms with Crippen molar-refractivity contribution in [3.8, 4) is 17.2 Å². The van der Waals surface area contributed by atoms with Gasteiger partial charge in [-0.05, 0) is 67.8 Å². The highest BCUT2D eigenvalue weighted by Gasteiger charge is 2.28. The second kappa shape index (κ2) is 9.36. The minimum Gasteiger partial charge on any atom is -0.494 e. The van der Waals surface area contributed by atoms with Gasteiger partial charge in [-0.3, -0.25) is 4.31 Å². The number of aromatic nitrogens is 1. The van der Waals surface area contributed by atoms with Gasteiger partial charge in [0.2, 0.25) is 5.89 Å². The normalized spacial score (nSPS) is 11.5. The van der Waals surface area contributed by atoms with Crippen LogP contribution in [0.15, 0.2) is 74.7 Å². The second-order valence-corrected chi connectivity index (χ2v) is 10.4. The van der Waals surface area contributed by atoms with Crippen LogP contribution in [-0.2, 0) is 16.6 Å². The van der Waals surface area contributed by atoms with E-state index in [4.69, 9.17) is 20.8 Å². The van der Waals surface area contributed by atoms with E-state index in [0.29, 0.717) is 40.4 Å². The molecule has 0 aliphatic carbocycles. The smallest absolute Gasteiger partial charge is 0.274 e. The van der Waals surface area contributed by atoms with Crippen LogP contribution in [0, 0.1) is 6.92 Å². The molecular formula is C23H21ClN2O4S2. The van der Waals surface area contributed by atoms with E-state index in [-0.39, 0.29) is 10.8 Å². The Balaban J connectivity index is 1.73. The van der Waals surface area contributed by atoms with Crippen molar-refractivity contribution in [2.45, 2.75) is 24.6 Å². The van der Waals surface area contributed by atoms with Gasteiger partial charge in [0.15, 0.2) is 0 Å². The maximum absolute atomic E-state index is 13.5. The van der Waals surface area contributed by atoms with Gasteiger partial charge < -0.3 is 9.15 Å². The summed E-state index contributed by atoms with van der Waals surface area (Å²) in [5.41, 5.74) is 1.75. The molecule has 2 aromatic carbocycles. The first-order valence-corrected chi connectivity index (χ1v) is 12.6. The minimum absolute atomic E-state index is 0.0180. The van der Waals surface area contributed by atoms with Crippen molar-refractivity contribution in [3.05, 3.63) is 82.5 Å². The van der Waals surface area contributed by atoms with Gasteiger partial charge in [0, 0.05) is 10.6 Å². The second-order valence-electron chi connectivity index (χ2n) is 6.90. The molecule has 4 rings (SSSR count). The molecule has 9 heteroatoms. The minimum atomic E-state index is -3.80. The maximum atomic E-state index is 13.5. The number of rotatable bonds is 8. The molecule has 4 aromatic rings. The molecular weight excluding hydrogens is 468 g/mol. The van der Waals surface area contributed by atoms with Crippen LogP contribution >= 0.6 is 22.9 Å². The van der Waals surface area contributed by atoms with Gasteiger partial charge >= 0.3 is 0 Å². The highest BCUT2D eigenvalue weighted by atomic mass is 35.5. The lowest BCUT2D eigenvalue weighted by molar-refractivity contribution is 0.340. The fourth-order valence-electron chi connectivity index (χ4n) is 3.16.